The maximum Gasteiger partial charge on any atom is 0.406 e. The quantitative estimate of drug-likeness (QED) is 0.196. The Labute approximate surface area is 251 Å². The summed E-state index contributed by atoms with van der Waals surface area (Å²) in [6.45, 7) is 2.25. The third-order valence-corrected chi connectivity index (χ3v) is 7.66. The molecule has 6 nitrogen and oxygen atoms in total. The van der Waals surface area contributed by atoms with Gasteiger partial charge in [0.1, 0.15) is 12.3 Å². The number of fused-ring (bicyclic) bond motifs is 1. The van der Waals surface area contributed by atoms with Gasteiger partial charge in [0.2, 0.25) is 5.91 Å². The molecule has 0 unspecified atom stereocenters. The number of hydrogen-bond donors (Lipinski definition) is 3. The van der Waals surface area contributed by atoms with Crippen LogP contribution in [0, 0.1) is 17.8 Å². The van der Waals surface area contributed by atoms with Crippen LogP contribution in [0.15, 0.2) is 47.4 Å². The monoisotopic (exact) mass is 602 g/mol. The minimum atomic E-state index is -4.43. The van der Waals surface area contributed by atoms with Gasteiger partial charge in [-0.05, 0) is 75.5 Å². The Morgan fingerprint density at radius 1 is 1.14 bits per heavy atom. The number of phenols is 1. The van der Waals surface area contributed by atoms with Crippen LogP contribution >= 0.6 is 11.8 Å². The summed E-state index contributed by atoms with van der Waals surface area (Å²) in [7, 11) is 3.75. The molecule has 1 heterocycles. The van der Waals surface area contributed by atoms with Gasteiger partial charge in [0.05, 0.1) is 23.4 Å². The number of nitrogens with zero attached hydrogens (tertiary/aromatic N) is 2. The molecule has 1 fully saturated rings. The largest absolute Gasteiger partial charge is 0.506 e. The molecule has 0 saturated heterocycles. The Morgan fingerprint density at radius 3 is 2.43 bits per heavy atom. The second-order valence-electron chi connectivity index (χ2n) is 10.7. The molecule has 0 aliphatic heterocycles. The fourth-order valence-corrected chi connectivity index (χ4v) is 5.43. The Bertz CT molecular complexity index is 1400. The molecule has 42 heavy (non-hydrogen) atoms. The molecule has 0 bridgehead atoms. The number of carbonyl (C=O) groups is 1. The summed E-state index contributed by atoms with van der Waals surface area (Å²) in [5, 5.41) is 17.6. The van der Waals surface area contributed by atoms with Gasteiger partial charge in [-0.3, -0.25) is 9.69 Å². The van der Waals surface area contributed by atoms with Crippen LogP contribution in [0.25, 0.3) is 10.9 Å². The first-order valence-electron chi connectivity index (χ1n) is 14.2. The first kappa shape index (κ1) is 33.2. The van der Waals surface area contributed by atoms with Crippen LogP contribution in [0.1, 0.15) is 51.6 Å². The van der Waals surface area contributed by atoms with Crippen molar-refractivity contribution in [3.63, 3.8) is 0 Å². The van der Waals surface area contributed by atoms with Gasteiger partial charge in [-0.25, -0.2) is 0 Å². The van der Waals surface area contributed by atoms with Crippen molar-refractivity contribution < 1.29 is 23.1 Å². The number of aromatic hydroxyl groups is 1. The van der Waals surface area contributed by atoms with Crippen molar-refractivity contribution in [3.05, 3.63) is 48.2 Å². The zero-order valence-electron chi connectivity index (χ0n) is 24.9. The molecule has 1 aliphatic carbocycles. The standard InChI is InChI=1S/C30H34F3N3O2S.C2H7N/c1-20(2)29(38)35(27-15-14-23(39-3)18-28(27)37)16-8-11-22-17-24-25(34-21-9-5-4-6-10-21)12-7-13-26(24)36(22)19-30(31,32)33;1-3-2/h7,12-15,17-18,20-21,34,37H,4-6,9-10,16,19H2,1-3H3;3H,1-2H3. The summed E-state index contributed by atoms with van der Waals surface area (Å²) >= 11 is 1.46. The Kier molecular flexibility index (Phi) is 12.1. The third-order valence-electron chi connectivity index (χ3n) is 6.93. The van der Waals surface area contributed by atoms with Gasteiger partial charge in [-0.2, -0.15) is 13.2 Å². The van der Waals surface area contributed by atoms with Gasteiger partial charge in [-0.1, -0.05) is 45.1 Å². The molecule has 1 aliphatic rings. The van der Waals surface area contributed by atoms with E-state index in [1.165, 1.54) is 27.6 Å². The van der Waals surface area contributed by atoms with Gasteiger partial charge >= 0.3 is 6.18 Å². The molecule has 10 heteroatoms. The van der Waals surface area contributed by atoms with Gasteiger partial charge in [0.25, 0.3) is 0 Å². The summed E-state index contributed by atoms with van der Waals surface area (Å²) in [6.07, 6.45) is 3.02. The molecule has 1 aromatic heterocycles. The number of nitrogens with one attached hydrogen (secondary N) is 2. The molecule has 3 aromatic rings. The highest BCUT2D eigenvalue weighted by atomic mass is 32.2. The van der Waals surface area contributed by atoms with Crippen molar-refractivity contribution in [1.29, 1.82) is 0 Å². The van der Waals surface area contributed by atoms with Crippen LogP contribution in [-0.4, -0.2) is 54.7 Å². The Hall–Kier alpha value is -3.29. The normalized spacial score (nSPS) is 13.7. The molecule has 1 saturated carbocycles. The molecule has 2 aromatic carbocycles. The van der Waals surface area contributed by atoms with Crippen LogP contribution in [0.4, 0.5) is 24.5 Å². The number of amides is 1. The van der Waals surface area contributed by atoms with E-state index in [1.807, 2.05) is 26.4 Å². The average molecular weight is 603 g/mol. The highest BCUT2D eigenvalue weighted by molar-refractivity contribution is 7.98. The van der Waals surface area contributed by atoms with E-state index in [1.54, 1.807) is 50.2 Å². The summed E-state index contributed by atoms with van der Waals surface area (Å²) in [6, 6.07) is 12.4. The minimum Gasteiger partial charge on any atom is -0.506 e. The maximum atomic E-state index is 13.6. The smallest absolute Gasteiger partial charge is 0.406 e. The van der Waals surface area contributed by atoms with E-state index in [0.717, 1.165) is 36.3 Å². The molecule has 228 valence electrons. The van der Waals surface area contributed by atoms with E-state index < -0.39 is 12.7 Å². The lowest BCUT2D eigenvalue weighted by Crippen LogP contribution is -2.34. The predicted molar refractivity (Wildman–Crippen MR) is 167 cm³/mol. The minimum absolute atomic E-state index is 0.0535. The number of benzene rings is 2. The average Bonchev–Trinajstić information content (AvgIpc) is 3.28. The van der Waals surface area contributed by atoms with Crippen LogP contribution in [-0.2, 0) is 11.3 Å². The van der Waals surface area contributed by atoms with Gasteiger partial charge in [-0.15, -0.1) is 11.8 Å². The predicted octanol–water partition coefficient (Wildman–Crippen LogP) is 7.25. The molecule has 4 rings (SSSR count). The lowest BCUT2D eigenvalue weighted by Gasteiger charge is -2.24. The fourth-order valence-electron chi connectivity index (χ4n) is 4.99. The van der Waals surface area contributed by atoms with E-state index in [-0.39, 0.29) is 29.8 Å². The molecular formula is C32H41F3N4O2S. The van der Waals surface area contributed by atoms with E-state index in [0.29, 0.717) is 22.6 Å². The molecule has 3 N–H and O–H groups in total. The summed E-state index contributed by atoms with van der Waals surface area (Å²) in [4.78, 5) is 15.2. The van der Waals surface area contributed by atoms with Crippen molar-refractivity contribution >= 4 is 39.9 Å². The van der Waals surface area contributed by atoms with E-state index in [4.69, 9.17) is 0 Å². The first-order chi connectivity index (χ1) is 20.0. The van der Waals surface area contributed by atoms with Crippen LogP contribution < -0.4 is 15.5 Å². The summed E-state index contributed by atoms with van der Waals surface area (Å²) < 4.78 is 42.0. The zero-order valence-corrected chi connectivity index (χ0v) is 25.8. The van der Waals surface area contributed by atoms with Crippen LogP contribution in [0.2, 0.25) is 0 Å². The van der Waals surface area contributed by atoms with E-state index >= 15 is 0 Å². The van der Waals surface area contributed by atoms with Crippen molar-refractivity contribution in [2.75, 3.05) is 37.1 Å². The Morgan fingerprint density at radius 2 is 1.83 bits per heavy atom. The van der Waals surface area contributed by atoms with Crippen LogP contribution in [0.3, 0.4) is 0 Å². The van der Waals surface area contributed by atoms with Gasteiger partial charge in [0, 0.05) is 27.9 Å². The van der Waals surface area contributed by atoms with Gasteiger partial charge < -0.3 is 20.3 Å². The molecular weight excluding hydrogens is 561 g/mol. The lowest BCUT2D eigenvalue weighted by molar-refractivity contribution is -0.140. The first-order valence-corrected chi connectivity index (χ1v) is 15.4. The van der Waals surface area contributed by atoms with Crippen molar-refractivity contribution in [2.45, 2.75) is 69.6 Å². The topological polar surface area (TPSA) is 69.5 Å². The molecule has 1 amide bonds. The SMILES string of the molecule is CNC.CSc1ccc(N(CC#Cc2cc3c(NC4CCCCC4)cccc3n2CC(F)(F)F)C(=O)C(C)C)c(O)c1. The number of anilines is 2. The molecule has 0 spiro atoms. The number of thioether (sulfide) groups is 1. The second-order valence-corrected chi connectivity index (χ2v) is 11.6. The lowest BCUT2D eigenvalue weighted by atomic mass is 9.95. The summed E-state index contributed by atoms with van der Waals surface area (Å²) in [5.74, 6) is 5.15. The third kappa shape index (κ3) is 8.85. The number of alkyl halides is 3. The Balaban J connectivity index is 0.00000155. The fraction of sp³-hybridized carbons (Fsp3) is 0.469. The number of rotatable bonds is 7. The second kappa shape index (κ2) is 15.3. The molecule has 0 radical (unpaired) electrons. The maximum absolute atomic E-state index is 13.6. The van der Waals surface area contributed by atoms with Crippen molar-refractivity contribution in [3.8, 4) is 17.6 Å². The van der Waals surface area contributed by atoms with E-state index in [2.05, 4.69) is 22.5 Å². The van der Waals surface area contributed by atoms with Crippen molar-refractivity contribution in [1.82, 2.24) is 9.88 Å². The highest BCUT2D eigenvalue weighted by Gasteiger charge is 2.30. The number of aromatic nitrogens is 1. The molecule has 0 atom stereocenters. The van der Waals surface area contributed by atoms with E-state index in [9.17, 15) is 23.1 Å². The van der Waals surface area contributed by atoms with Crippen LogP contribution in [0.5, 0.6) is 5.75 Å². The van der Waals surface area contributed by atoms with Gasteiger partial charge in [0.15, 0.2) is 0 Å². The number of phenolic OH excluding ortho intramolecular Hbond substituents is 1. The summed E-state index contributed by atoms with van der Waals surface area (Å²) in [5.41, 5.74) is 1.80. The number of carbonyl (C=O) groups excluding carboxylic acids is 1. The number of halogens is 3. The zero-order chi connectivity index (χ0) is 30.9. The number of hydrogen-bond acceptors (Lipinski definition) is 5. The van der Waals surface area contributed by atoms with Crippen molar-refractivity contribution in [2.24, 2.45) is 5.92 Å². The highest BCUT2D eigenvalue weighted by Crippen LogP contribution is 2.33.